The van der Waals surface area contributed by atoms with Crippen LogP contribution in [0.2, 0.25) is 0 Å². The van der Waals surface area contributed by atoms with Crippen molar-refractivity contribution < 1.29 is 0 Å². The summed E-state index contributed by atoms with van der Waals surface area (Å²) in [5.41, 5.74) is 1.30. The number of nitrogens with one attached hydrogen (secondary N) is 1. The molecule has 19 heavy (non-hydrogen) atoms. The van der Waals surface area contributed by atoms with Gasteiger partial charge in [-0.15, -0.1) is 11.8 Å². The van der Waals surface area contributed by atoms with Crippen LogP contribution < -0.4 is 5.32 Å². The molecule has 0 radical (unpaired) electrons. The van der Waals surface area contributed by atoms with Crippen LogP contribution in [-0.4, -0.2) is 21.8 Å². The first-order chi connectivity index (χ1) is 9.35. The molecule has 1 saturated carbocycles. The minimum Gasteiger partial charge on any atom is -0.370 e. The fourth-order valence-corrected chi connectivity index (χ4v) is 3.93. The minimum absolute atomic E-state index is 0.757. The summed E-state index contributed by atoms with van der Waals surface area (Å²) in [4.78, 5) is 8.93. The SMILES string of the molecule is CCCNc1ncnc(SC2CCCCC2)c1CC. The molecule has 0 aromatic carbocycles. The second-order valence-electron chi connectivity index (χ2n) is 5.16. The van der Waals surface area contributed by atoms with Crippen LogP contribution in [0.3, 0.4) is 0 Å². The summed E-state index contributed by atoms with van der Waals surface area (Å²) in [5.74, 6) is 1.04. The monoisotopic (exact) mass is 279 g/mol. The second-order valence-corrected chi connectivity index (χ2v) is 6.45. The number of thioether (sulfide) groups is 1. The quantitative estimate of drug-likeness (QED) is 0.788. The van der Waals surface area contributed by atoms with Gasteiger partial charge in [0.15, 0.2) is 0 Å². The molecule has 1 heterocycles. The maximum Gasteiger partial charge on any atom is 0.133 e. The Bertz CT molecular complexity index is 389. The molecule has 0 bridgehead atoms. The molecule has 0 unspecified atom stereocenters. The van der Waals surface area contributed by atoms with Crippen molar-refractivity contribution in [1.82, 2.24) is 9.97 Å². The van der Waals surface area contributed by atoms with E-state index in [9.17, 15) is 0 Å². The number of nitrogens with zero attached hydrogens (tertiary/aromatic N) is 2. The molecule has 0 saturated heterocycles. The van der Waals surface area contributed by atoms with Crippen LogP contribution >= 0.6 is 11.8 Å². The number of hydrogen-bond acceptors (Lipinski definition) is 4. The topological polar surface area (TPSA) is 37.8 Å². The Kier molecular flexibility index (Phi) is 5.95. The lowest BCUT2D eigenvalue weighted by Crippen LogP contribution is -2.11. The van der Waals surface area contributed by atoms with E-state index in [0.717, 1.165) is 30.5 Å². The molecule has 1 aliphatic carbocycles. The van der Waals surface area contributed by atoms with E-state index in [1.165, 1.54) is 42.7 Å². The molecule has 0 atom stereocenters. The molecule has 4 heteroatoms. The Morgan fingerprint density at radius 2 is 2.00 bits per heavy atom. The van der Waals surface area contributed by atoms with Gasteiger partial charge in [-0.25, -0.2) is 9.97 Å². The molecule has 1 aromatic heterocycles. The highest BCUT2D eigenvalue weighted by Gasteiger charge is 2.18. The largest absolute Gasteiger partial charge is 0.370 e. The van der Waals surface area contributed by atoms with Gasteiger partial charge in [0.2, 0.25) is 0 Å². The highest BCUT2D eigenvalue weighted by atomic mass is 32.2. The van der Waals surface area contributed by atoms with Crippen molar-refractivity contribution in [3.05, 3.63) is 11.9 Å². The summed E-state index contributed by atoms with van der Waals surface area (Å²) in [7, 11) is 0. The lowest BCUT2D eigenvalue weighted by Gasteiger charge is -2.22. The lowest BCUT2D eigenvalue weighted by atomic mass is 10.0. The molecular formula is C15H25N3S. The first-order valence-corrected chi connectivity index (χ1v) is 8.47. The average molecular weight is 279 g/mol. The third-order valence-corrected chi connectivity index (χ3v) is 5.01. The van der Waals surface area contributed by atoms with Crippen molar-refractivity contribution in [3.8, 4) is 0 Å². The zero-order chi connectivity index (χ0) is 13.5. The minimum atomic E-state index is 0.757. The molecule has 0 aliphatic heterocycles. The van der Waals surface area contributed by atoms with Crippen molar-refractivity contribution in [1.29, 1.82) is 0 Å². The van der Waals surface area contributed by atoms with Crippen molar-refractivity contribution in [3.63, 3.8) is 0 Å². The van der Waals surface area contributed by atoms with Crippen LogP contribution in [0, 0.1) is 0 Å². The maximum atomic E-state index is 4.52. The van der Waals surface area contributed by atoms with Crippen LogP contribution in [0.5, 0.6) is 0 Å². The summed E-state index contributed by atoms with van der Waals surface area (Å²) in [5, 5.41) is 5.38. The van der Waals surface area contributed by atoms with E-state index >= 15 is 0 Å². The lowest BCUT2D eigenvalue weighted by molar-refractivity contribution is 0.515. The van der Waals surface area contributed by atoms with Gasteiger partial charge in [-0.05, 0) is 25.7 Å². The zero-order valence-electron chi connectivity index (χ0n) is 12.1. The molecule has 0 spiro atoms. The Balaban J connectivity index is 2.09. The van der Waals surface area contributed by atoms with Gasteiger partial charge in [-0.3, -0.25) is 0 Å². The Morgan fingerprint density at radius 3 is 2.68 bits per heavy atom. The first-order valence-electron chi connectivity index (χ1n) is 7.59. The highest BCUT2D eigenvalue weighted by molar-refractivity contribution is 7.99. The number of rotatable bonds is 6. The molecule has 1 aliphatic rings. The molecule has 3 nitrogen and oxygen atoms in total. The standard InChI is InChI=1S/C15H25N3S/c1-3-10-16-14-13(4-2)15(18-11-17-14)19-12-8-6-5-7-9-12/h11-12H,3-10H2,1-2H3,(H,16,17,18). The van der Waals surface area contributed by atoms with E-state index in [2.05, 4.69) is 29.1 Å². The third kappa shape index (κ3) is 4.10. The molecule has 1 aromatic rings. The maximum absolute atomic E-state index is 4.52. The third-order valence-electron chi connectivity index (χ3n) is 3.63. The van der Waals surface area contributed by atoms with Gasteiger partial charge in [0, 0.05) is 17.4 Å². The Morgan fingerprint density at radius 1 is 1.21 bits per heavy atom. The predicted molar refractivity (Wildman–Crippen MR) is 82.9 cm³/mol. The van der Waals surface area contributed by atoms with Gasteiger partial charge in [0.25, 0.3) is 0 Å². The van der Waals surface area contributed by atoms with E-state index in [4.69, 9.17) is 0 Å². The van der Waals surface area contributed by atoms with E-state index in [0.29, 0.717) is 0 Å². The summed E-state index contributed by atoms with van der Waals surface area (Å²) >= 11 is 1.97. The smallest absolute Gasteiger partial charge is 0.133 e. The van der Waals surface area contributed by atoms with Crippen molar-refractivity contribution >= 4 is 17.6 Å². The van der Waals surface area contributed by atoms with Gasteiger partial charge in [-0.1, -0.05) is 33.1 Å². The molecular weight excluding hydrogens is 254 g/mol. The van der Waals surface area contributed by atoms with Crippen molar-refractivity contribution in [2.24, 2.45) is 0 Å². The average Bonchev–Trinajstić information content (AvgIpc) is 2.46. The number of hydrogen-bond donors (Lipinski definition) is 1. The molecule has 106 valence electrons. The molecule has 1 fully saturated rings. The second kappa shape index (κ2) is 7.73. The van der Waals surface area contributed by atoms with Crippen LogP contribution in [0.25, 0.3) is 0 Å². The fourth-order valence-electron chi connectivity index (χ4n) is 2.55. The van der Waals surface area contributed by atoms with E-state index in [-0.39, 0.29) is 0 Å². The number of anilines is 1. The summed E-state index contributed by atoms with van der Waals surface area (Å²) < 4.78 is 0. The van der Waals surface area contributed by atoms with Crippen LogP contribution in [0.15, 0.2) is 11.4 Å². The number of aromatic nitrogens is 2. The van der Waals surface area contributed by atoms with Crippen LogP contribution in [0.1, 0.15) is 57.9 Å². The van der Waals surface area contributed by atoms with Gasteiger partial charge in [0.1, 0.15) is 17.2 Å². The Hall–Kier alpha value is -0.770. The van der Waals surface area contributed by atoms with Gasteiger partial charge in [0.05, 0.1) is 0 Å². The highest BCUT2D eigenvalue weighted by Crippen LogP contribution is 2.35. The van der Waals surface area contributed by atoms with E-state index in [1.54, 1.807) is 6.33 Å². The van der Waals surface area contributed by atoms with Crippen molar-refractivity contribution in [2.75, 3.05) is 11.9 Å². The fraction of sp³-hybridized carbons (Fsp3) is 0.733. The first kappa shape index (κ1) is 14.6. The molecule has 1 N–H and O–H groups in total. The van der Waals surface area contributed by atoms with E-state index in [1.807, 2.05) is 11.8 Å². The summed E-state index contributed by atoms with van der Waals surface area (Å²) in [6.45, 7) is 5.36. The van der Waals surface area contributed by atoms with E-state index < -0.39 is 0 Å². The van der Waals surface area contributed by atoms with Gasteiger partial charge < -0.3 is 5.32 Å². The Labute approximate surface area is 121 Å². The normalized spacial score (nSPS) is 16.5. The van der Waals surface area contributed by atoms with Crippen LogP contribution in [-0.2, 0) is 6.42 Å². The predicted octanol–water partition coefficient (Wildman–Crippen LogP) is 4.29. The summed E-state index contributed by atoms with van der Waals surface area (Å²) in [6.07, 6.45) is 10.7. The van der Waals surface area contributed by atoms with Crippen molar-refractivity contribution in [2.45, 2.75) is 69.1 Å². The zero-order valence-corrected chi connectivity index (χ0v) is 12.9. The van der Waals surface area contributed by atoms with Crippen LogP contribution in [0.4, 0.5) is 5.82 Å². The van der Waals surface area contributed by atoms with Gasteiger partial charge in [-0.2, -0.15) is 0 Å². The molecule has 0 amide bonds. The summed E-state index contributed by atoms with van der Waals surface area (Å²) in [6, 6.07) is 0. The molecule has 2 rings (SSSR count). The van der Waals surface area contributed by atoms with Gasteiger partial charge >= 0.3 is 0 Å².